The maximum absolute atomic E-state index is 6.18. The lowest BCUT2D eigenvalue weighted by atomic mass is 10.3. The van der Waals surface area contributed by atoms with Crippen molar-refractivity contribution in [3.8, 4) is 16.6 Å². The summed E-state index contributed by atoms with van der Waals surface area (Å²) < 4.78 is 0. The first-order valence-electron chi connectivity index (χ1n) is 6.30. The van der Waals surface area contributed by atoms with Crippen LogP contribution in [0.3, 0.4) is 0 Å². The fourth-order valence-electron chi connectivity index (χ4n) is 1.62. The average molecular weight is 332 g/mol. The quantitative estimate of drug-likeness (QED) is 0.540. The van der Waals surface area contributed by atoms with Gasteiger partial charge in [0.15, 0.2) is 0 Å². The molecule has 3 aromatic rings. The summed E-state index contributed by atoms with van der Waals surface area (Å²) in [6.45, 7) is 1.79. The zero-order valence-corrected chi connectivity index (χ0v) is 13.0. The van der Waals surface area contributed by atoms with Gasteiger partial charge in [-0.1, -0.05) is 16.8 Å². The van der Waals surface area contributed by atoms with E-state index in [0.29, 0.717) is 10.9 Å². The first kappa shape index (κ1) is 14.6. The lowest BCUT2D eigenvalue weighted by Crippen LogP contribution is -1.97. The van der Waals surface area contributed by atoms with E-state index in [1.54, 1.807) is 37.8 Å². The number of thiazole rings is 1. The third kappa shape index (κ3) is 3.26. The molecule has 0 unspecified atom stereocenters. The third-order valence-electron chi connectivity index (χ3n) is 2.63. The van der Waals surface area contributed by atoms with Gasteiger partial charge in [0.05, 0.1) is 10.6 Å². The van der Waals surface area contributed by atoms with Crippen molar-refractivity contribution in [3.63, 3.8) is 0 Å². The summed E-state index contributed by atoms with van der Waals surface area (Å²) >= 11 is 7.60. The van der Waals surface area contributed by atoms with E-state index < -0.39 is 0 Å². The molecule has 0 aliphatic rings. The van der Waals surface area contributed by atoms with Gasteiger partial charge in [0.25, 0.3) is 0 Å². The maximum Gasteiger partial charge on any atom is 0.345 e. The molecule has 0 atom stereocenters. The lowest BCUT2D eigenvalue weighted by molar-refractivity contribution is 0.312. The Morgan fingerprint density at radius 3 is 2.77 bits per heavy atom. The van der Waals surface area contributed by atoms with Crippen molar-refractivity contribution in [3.05, 3.63) is 53.0 Å². The summed E-state index contributed by atoms with van der Waals surface area (Å²) in [7, 11) is 0. The molecule has 0 saturated carbocycles. The van der Waals surface area contributed by atoms with E-state index in [9.17, 15) is 0 Å². The summed E-state index contributed by atoms with van der Waals surface area (Å²) in [6.07, 6.45) is 6.60. The Balaban J connectivity index is 1.84. The first-order chi connectivity index (χ1) is 10.7. The monoisotopic (exact) mass is 331 g/mol. The third-order valence-corrected chi connectivity index (χ3v) is 4.23. The average Bonchev–Trinajstić information content (AvgIpc) is 2.96. The standard InChI is InChI=1S/C14H10ClN5OS/c1-9(20-21-14-17-6-3-7-18-14)11-12(15)19-13(22-11)10-4-2-5-16-8-10/h2-8H,1H3/b20-9+. The first-order valence-corrected chi connectivity index (χ1v) is 7.49. The number of halogens is 1. The second kappa shape index (κ2) is 6.59. The second-order valence-corrected chi connectivity index (χ2v) is 5.54. The molecular formula is C14H10ClN5OS. The van der Waals surface area contributed by atoms with Crippen LogP contribution in [-0.2, 0) is 0 Å². The Labute approximate surface area is 135 Å². The molecule has 3 heterocycles. The van der Waals surface area contributed by atoms with Gasteiger partial charge >= 0.3 is 6.01 Å². The molecule has 0 aliphatic heterocycles. The van der Waals surface area contributed by atoms with Crippen molar-refractivity contribution in [2.24, 2.45) is 5.16 Å². The van der Waals surface area contributed by atoms with Crippen LogP contribution in [0.15, 0.2) is 48.1 Å². The minimum Gasteiger partial charge on any atom is -0.315 e. The van der Waals surface area contributed by atoms with Crippen molar-refractivity contribution in [2.45, 2.75) is 6.92 Å². The Kier molecular flexibility index (Phi) is 4.36. The maximum atomic E-state index is 6.18. The summed E-state index contributed by atoms with van der Waals surface area (Å²) in [6, 6.07) is 5.65. The van der Waals surface area contributed by atoms with Gasteiger partial charge < -0.3 is 4.84 Å². The molecule has 110 valence electrons. The van der Waals surface area contributed by atoms with Crippen LogP contribution < -0.4 is 4.84 Å². The highest BCUT2D eigenvalue weighted by Crippen LogP contribution is 2.30. The van der Waals surface area contributed by atoms with Gasteiger partial charge in [0.2, 0.25) is 0 Å². The molecule has 0 saturated heterocycles. The van der Waals surface area contributed by atoms with Gasteiger partial charge in [0.1, 0.15) is 10.2 Å². The number of pyridine rings is 1. The smallest absolute Gasteiger partial charge is 0.315 e. The van der Waals surface area contributed by atoms with Crippen LogP contribution in [0, 0.1) is 0 Å². The summed E-state index contributed by atoms with van der Waals surface area (Å²) in [4.78, 5) is 22.2. The highest BCUT2D eigenvalue weighted by atomic mass is 35.5. The van der Waals surface area contributed by atoms with E-state index in [1.165, 1.54) is 11.3 Å². The highest BCUT2D eigenvalue weighted by molar-refractivity contribution is 7.17. The van der Waals surface area contributed by atoms with E-state index in [1.807, 2.05) is 12.1 Å². The van der Waals surface area contributed by atoms with Gasteiger partial charge in [-0.05, 0) is 25.1 Å². The molecule has 0 spiro atoms. The number of hydrogen-bond acceptors (Lipinski definition) is 7. The van der Waals surface area contributed by atoms with E-state index in [-0.39, 0.29) is 6.01 Å². The topological polar surface area (TPSA) is 73.2 Å². The predicted octanol–water partition coefficient (Wildman–Crippen LogP) is 3.45. The number of oxime groups is 1. The van der Waals surface area contributed by atoms with Crippen molar-refractivity contribution in [1.82, 2.24) is 19.9 Å². The molecule has 0 bridgehead atoms. The number of hydrogen-bond donors (Lipinski definition) is 0. The summed E-state index contributed by atoms with van der Waals surface area (Å²) in [5.41, 5.74) is 1.51. The molecule has 0 fully saturated rings. The Bertz CT molecular complexity index is 792. The number of nitrogens with zero attached hydrogens (tertiary/aromatic N) is 5. The van der Waals surface area contributed by atoms with E-state index >= 15 is 0 Å². The number of rotatable bonds is 4. The van der Waals surface area contributed by atoms with Crippen LogP contribution in [0.1, 0.15) is 11.8 Å². The van der Waals surface area contributed by atoms with Gasteiger partial charge in [-0.2, -0.15) is 0 Å². The van der Waals surface area contributed by atoms with Crippen molar-refractivity contribution in [1.29, 1.82) is 0 Å². The molecule has 8 heteroatoms. The van der Waals surface area contributed by atoms with Crippen LogP contribution >= 0.6 is 22.9 Å². The van der Waals surface area contributed by atoms with Crippen LogP contribution in [-0.4, -0.2) is 25.6 Å². The zero-order chi connectivity index (χ0) is 15.4. The van der Waals surface area contributed by atoms with E-state index in [0.717, 1.165) is 15.4 Å². The van der Waals surface area contributed by atoms with Gasteiger partial charge in [-0.25, -0.2) is 15.0 Å². The Morgan fingerprint density at radius 1 is 1.23 bits per heavy atom. The van der Waals surface area contributed by atoms with Gasteiger partial charge in [0, 0.05) is 30.4 Å². The molecule has 22 heavy (non-hydrogen) atoms. The minimum atomic E-state index is 0.176. The minimum absolute atomic E-state index is 0.176. The fraction of sp³-hybridized carbons (Fsp3) is 0.0714. The van der Waals surface area contributed by atoms with Crippen LogP contribution in [0.5, 0.6) is 6.01 Å². The lowest BCUT2D eigenvalue weighted by Gasteiger charge is -1.97. The van der Waals surface area contributed by atoms with Crippen LogP contribution in [0.4, 0.5) is 0 Å². The van der Waals surface area contributed by atoms with Crippen molar-refractivity contribution >= 4 is 28.6 Å². The molecule has 0 aliphatic carbocycles. The highest BCUT2D eigenvalue weighted by Gasteiger charge is 2.14. The fourth-order valence-corrected chi connectivity index (χ4v) is 2.89. The molecule has 0 radical (unpaired) electrons. The van der Waals surface area contributed by atoms with E-state index in [4.69, 9.17) is 16.4 Å². The van der Waals surface area contributed by atoms with Crippen molar-refractivity contribution < 1.29 is 4.84 Å². The van der Waals surface area contributed by atoms with E-state index in [2.05, 4.69) is 25.1 Å². The zero-order valence-electron chi connectivity index (χ0n) is 11.5. The molecule has 0 amide bonds. The normalized spacial score (nSPS) is 11.5. The van der Waals surface area contributed by atoms with Crippen LogP contribution in [0.25, 0.3) is 10.6 Å². The molecule has 6 nitrogen and oxygen atoms in total. The molecular weight excluding hydrogens is 322 g/mol. The molecule has 3 rings (SSSR count). The SMILES string of the molecule is C/C(=N\Oc1ncccn1)c1sc(-c2cccnc2)nc1Cl. The van der Waals surface area contributed by atoms with Crippen molar-refractivity contribution in [2.75, 3.05) is 0 Å². The largest absolute Gasteiger partial charge is 0.345 e. The van der Waals surface area contributed by atoms with Crippen LogP contribution in [0.2, 0.25) is 5.15 Å². The summed E-state index contributed by atoms with van der Waals surface area (Å²) in [5.74, 6) is 0. The Morgan fingerprint density at radius 2 is 2.05 bits per heavy atom. The Hall–Kier alpha value is -2.38. The second-order valence-electron chi connectivity index (χ2n) is 4.18. The van der Waals surface area contributed by atoms with Gasteiger partial charge in [-0.3, -0.25) is 4.98 Å². The number of aromatic nitrogens is 4. The molecule has 0 N–H and O–H groups in total. The predicted molar refractivity (Wildman–Crippen MR) is 85.2 cm³/mol. The summed E-state index contributed by atoms with van der Waals surface area (Å²) in [5, 5.41) is 5.15. The molecule has 0 aromatic carbocycles. The molecule has 3 aromatic heterocycles. The van der Waals surface area contributed by atoms with Gasteiger partial charge in [-0.15, -0.1) is 11.3 Å².